The molecular weight excluding hydrogens is 184 g/mol. The summed E-state index contributed by atoms with van der Waals surface area (Å²) in [5.74, 6) is 0.553. The molecule has 0 spiro atoms. The molecular formula is C9H15NP2. The molecule has 66 valence electrons. The summed E-state index contributed by atoms with van der Waals surface area (Å²) in [4.78, 5) is 4.36. The number of hydrogen-bond acceptors (Lipinski definition) is 1. The van der Waals surface area contributed by atoms with E-state index >= 15 is 0 Å². The van der Waals surface area contributed by atoms with Crippen molar-refractivity contribution in [2.45, 2.75) is 25.2 Å². The van der Waals surface area contributed by atoms with Crippen molar-refractivity contribution in [3.05, 3.63) is 29.6 Å². The standard InChI is InChI=1S/C9H15NP2/c1-6(2)7-4-3-5-10-8(7)9(11)12/h3-6,9H,11-12H2,1-2H3. The minimum Gasteiger partial charge on any atom is -0.260 e. The summed E-state index contributed by atoms with van der Waals surface area (Å²) in [6.07, 6.45) is 1.85. The first-order valence-electron chi connectivity index (χ1n) is 4.09. The van der Waals surface area contributed by atoms with Gasteiger partial charge in [0.1, 0.15) is 0 Å². The predicted molar refractivity (Wildman–Crippen MR) is 60.5 cm³/mol. The van der Waals surface area contributed by atoms with Crippen molar-refractivity contribution in [3.63, 3.8) is 0 Å². The van der Waals surface area contributed by atoms with Gasteiger partial charge in [-0.25, -0.2) is 0 Å². The third kappa shape index (κ3) is 2.25. The maximum absolute atomic E-state index is 4.36. The van der Waals surface area contributed by atoms with E-state index in [1.165, 1.54) is 11.3 Å². The topological polar surface area (TPSA) is 12.9 Å². The maximum Gasteiger partial charge on any atom is 0.0544 e. The van der Waals surface area contributed by atoms with Crippen LogP contribution in [-0.4, -0.2) is 4.98 Å². The lowest BCUT2D eigenvalue weighted by atomic mass is 10.0. The van der Waals surface area contributed by atoms with Crippen molar-refractivity contribution < 1.29 is 0 Å². The van der Waals surface area contributed by atoms with Gasteiger partial charge in [-0.2, -0.15) is 0 Å². The zero-order valence-electron chi connectivity index (χ0n) is 7.49. The lowest BCUT2D eigenvalue weighted by Crippen LogP contribution is -1.97. The summed E-state index contributed by atoms with van der Waals surface area (Å²) >= 11 is 0. The summed E-state index contributed by atoms with van der Waals surface area (Å²) in [5.41, 5.74) is 2.51. The maximum atomic E-state index is 4.36. The van der Waals surface area contributed by atoms with Gasteiger partial charge in [-0.15, -0.1) is 18.5 Å². The molecule has 0 saturated heterocycles. The molecule has 1 aromatic rings. The van der Waals surface area contributed by atoms with Gasteiger partial charge in [-0.05, 0) is 17.5 Å². The van der Waals surface area contributed by atoms with Crippen LogP contribution >= 0.6 is 18.5 Å². The summed E-state index contributed by atoms with van der Waals surface area (Å²) in [5, 5.41) is 0.364. The van der Waals surface area contributed by atoms with Crippen molar-refractivity contribution in [1.82, 2.24) is 4.98 Å². The molecule has 0 radical (unpaired) electrons. The summed E-state index contributed by atoms with van der Waals surface area (Å²) in [7, 11) is 5.50. The SMILES string of the molecule is CC(C)c1cccnc1C(P)P. The van der Waals surface area contributed by atoms with Crippen LogP contribution in [0.15, 0.2) is 18.3 Å². The predicted octanol–water partition coefficient (Wildman–Crippen LogP) is 2.95. The molecule has 0 aliphatic heterocycles. The highest BCUT2D eigenvalue weighted by Crippen LogP contribution is 2.33. The van der Waals surface area contributed by atoms with Crippen LogP contribution in [0.25, 0.3) is 0 Å². The fourth-order valence-corrected chi connectivity index (χ4v) is 1.75. The summed E-state index contributed by atoms with van der Waals surface area (Å²) in [6.45, 7) is 4.39. The number of aromatic nitrogens is 1. The number of hydrogen-bond donors (Lipinski definition) is 0. The molecule has 0 aliphatic carbocycles. The highest BCUT2D eigenvalue weighted by Gasteiger charge is 2.09. The quantitative estimate of drug-likeness (QED) is 0.667. The fourth-order valence-electron chi connectivity index (χ4n) is 1.20. The second kappa shape index (κ2) is 4.30. The lowest BCUT2D eigenvalue weighted by Gasteiger charge is -2.13. The minimum atomic E-state index is 0.364. The van der Waals surface area contributed by atoms with E-state index in [0.717, 1.165) is 0 Å². The molecule has 0 amide bonds. The van der Waals surface area contributed by atoms with Crippen LogP contribution in [0.4, 0.5) is 0 Å². The van der Waals surface area contributed by atoms with Crippen molar-refractivity contribution in [2.75, 3.05) is 0 Å². The largest absolute Gasteiger partial charge is 0.260 e. The second-order valence-corrected chi connectivity index (χ2v) is 5.36. The van der Waals surface area contributed by atoms with Crippen LogP contribution in [0.5, 0.6) is 0 Å². The molecule has 3 heteroatoms. The van der Waals surface area contributed by atoms with E-state index in [0.29, 0.717) is 11.3 Å². The van der Waals surface area contributed by atoms with Gasteiger partial charge < -0.3 is 0 Å². The van der Waals surface area contributed by atoms with Crippen molar-refractivity contribution in [1.29, 1.82) is 0 Å². The molecule has 0 aromatic carbocycles. The molecule has 1 aromatic heterocycles. The molecule has 0 aliphatic rings. The molecule has 2 atom stereocenters. The highest BCUT2D eigenvalue weighted by molar-refractivity contribution is 7.37. The van der Waals surface area contributed by atoms with Gasteiger partial charge in [0.2, 0.25) is 0 Å². The molecule has 12 heavy (non-hydrogen) atoms. The first-order valence-corrected chi connectivity index (χ1v) is 5.42. The Bertz CT molecular complexity index is 231. The van der Waals surface area contributed by atoms with Gasteiger partial charge in [0.15, 0.2) is 0 Å². The van der Waals surface area contributed by atoms with Gasteiger partial charge in [0, 0.05) is 11.6 Å². The van der Waals surface area contributed by atoms with Crippen LogP contribution in [0.1, 0.15) is 36.4 Å². The Labute approximate surface area is 78.8 Å². The highest BCUT2D eigenvalue weighted by atomic mass is 31.1. The van der Waals surface area contributed by atoms with Gasteiger partial charge in [0.25, 0.3) is 0 Å². The Hall–Kier alpha value is 0.0100. The van der Waals surface area contributed by atoms with Crippen LogP contribution in [0, 0.1) is 0 Å². The van der Waals surface area contributed by atoms with Crippen LogP contribution in [0.3, 0.4) is 0 Å². The average Bonchev–Trinajstić information content (AvgIpc) is 2.04. The molecule has 1 nitrogen and oxygen atoms in total. The first kappa shape index (κ1) is 10.1. The Morgan fingerprint density at radius 2 is 2.00 bits per heavy atom. The van der Waals surface area contributed by atoms with Crippen molar-refractivity contribution in [3.8, 4) is 0 Å². The first-order chi connectivity index (χ1) is 5.63. The van der Waals surface area contributed by atoms with E-state index in [4.69, 9.17) is 0 Å². The smallest absolute Gasteiger partial charge is 0.0544 e. The molecule has 0 N–H and O–H groups in total. The van der Waals surface area contributed by atoms with E-state index in [1.54, 1.807) is 0 Å². The average molecular weight is 199 g/mol. The van der Waals surface area contributed by atoms with E-state index < -0.39 is 0 Å². The van der Waals surface area contributed by atoms with E-state index in [9.17, 15) is 0 Å². The Balaban J connectivity index is 3.09. The van der Waals surface area contributed by atoms with E-state index in [2.05, 4.69) is 43.4 Å². The summed E-state index contributed by atoms with van der Waals surface area (Å²) < 4.78 is 0. The molecule has 1 rings (SSSR count). The van der Waals surface area contributed by atoms with E-state index in [-0.39, 0.29) is 0 Å². The number of pyridine rings is 1. The number of rotatable bonds is 2. The van der Waals surface area contributed by atoms with Gasteiger partial charge >= 0.3 is 0 Å². The van der Waals surface area contributed by atoms with Crippen molar-refractivity contribution in [2.24, 2.45) is 0 Å². The number of nitrogens with zero attached hydrogens (tertiary/aromatic N) is 1. The van der Waals surface area contributed by atoms with Gasteiger partial charge in [-0.1, -0.05) is 19.9 Å². The second-order valence-electron chi connectivity index (χ2n) is 3.16. The third-order valence-electron chi connectivity index (χ3n) is 1.81. The third-order valence-corrected chi connectivity index (χ3v) is 2.44. The Morgan fingerprint density at radius 3 is 2.42 bits per heavy atom. The van der Waals surface area contributed by atoms with Crippen LogP contribution in [-0.2, 0) is 0 Å². The van der Waals surface area contributed by atoms with Gasteiger partial charge in [0.05, 0.1) is 5.69 Å². The van der Waals surface area contributed by atoms with Crippen LogP contribution < -0.4 is 0 Å². The zero-order valence-corrected chi connectivity index (χ0v) is 9.80. The van der Waals surface area contributed by atoms with Gasteiger partial charge in [-0.3, -0.25) is 4.98 Å². The Kier molecular flexibility index (Phi) is 3.62. The monoisotopic (exact) mass is 199 g/mol. The molecule has 2 unspecified atom stereocenters. The Morgan fingerprint density at radius 1 is 1.33 bits per heavy atom. The summed E-state index contributed by atoms with van der Waals surface area (Å²) in [6, 6.07) is 4.14. The van der Waals surface area contributed by atoms with Crippen LogP contribution in [0.2, 0.25) is 0 Å². The molecule has 0 bridgehead atoms. The molecule has 0 fully saturated rings. The molecule has 0 saturated carbocycles. The normalized spacial score (nSPS) is 11.2. The molecule has 1 heterocycles. The minimum absolute atomic E-state index is 0.364. The van der Waals surface area contributed by atoms with E-state index in [1.807, 2.05) is 12.3 Å². The van der Waals surface area contributed by atoms with Crippen molar-refractivity contribution >= 4 is 18.5 Å². The zero-order chi connectivity index (χ0) is 9.14. The fraction of sp³-hybridized carbons (Fsp3) is 0.444. The lowest BCUT2D eigenvalue weighted by molar-refractivity contribution is 0.838.